The molecule has 15 heavy (non-hydrogen) atoms. The molecule has 0 N–H and O–H groups in total. The van der Waals surface area contributed by atoms with Crippen LogP contribution in [0.5, 0.6) is 0 Å². The first-order chi connectivity index (χ1) is 7.13. The first-order valence-electron chi connectivity index (χ1n) is 5.54. The van der Waals surface area contributed by atoms with Crippen LogP contribution < -0.4 is 0 Å². The fourth-order valence-electron chi connectivity index (χ4n) is 1.78. The van der Waals surface area contributed by atoms with Gasteiger partial charge in [-0.3, -0.25) is 9.59 Å². The molecule has 0 radical (unpaired) electrons. The van der Waals surface area contributed by atoms with Crippen LogP contribution in [0, 0.1) is 5.92 Å². The van der Waals surface area contributed by atoms with E-state index in [1.165, 1.54) is 0 Å². The molecule has 4 heteroatoms. The minimum atomic E-state index is -0.151. The van der Waals surface area contributed by atoms with E-state index in [1.807, 2.05) is 6.92 Å². The molecule has 1 saturated heterocycles. The molecule has 0 aromatic rings. The maximum absolute atomic E-state index is 11.3. The molecule has 0 aliphatic carbocycles. The monoisotopic (exact) mass is 213 g/mol. The largest absolute Gasteiger partial charge is 0.466 e. The normalized spacial score (nSPS) is 22.8. The number of carbonyl (C=O) groups is 2. The van der Waals surface area contributed by atoms with Gasteiger partial charge >= 0.3 is 5.97 Å². The molecule has 86 valence electrons. The van der Waals surface area contributed by atoms with Crippen molar-refractivity contribution < 1.29 is 14.3 Å². The van der Waals surface area contributed by atoms with Crippen molar-refractivity contribution in [3.05, 3.63) is 0 Å². The molecule has 0 aromatic heterocycles. The molecule has 1 unspecified atom stereocenters. The maximum Gasteiger partial charge on any atom is 0.307 e. The molecule has 0 spiro atoms. The summed E-state index contributed by atoms with van der Waals surface area (Å²) >= 11 is 0. The maximum atomic E-state index is 11.3. The van der Waals surface area contributed by atoms with Crippen LogP contribution in [0.3, 0.4) is 0 Å². The average molecular weight is 213 g/mol. The molecule has 4 nitrogen and oxygen atoms in total. The lowest BCUT2D eigenvalue weighted by Crippen LogP contribution is -2.40. The Kier molecular flexibility index (Phi) is 4.75. The highest BCUT2D eigenvalue weighted by Crippen LogP contribution is 2.12. The number of hydrogen-bond donors (Lipinski definition) is 0. The number of ketones is 1. The summed E-state index contributed by atoms with van der Waals surface area (Å²) in [5.74, 6) is 0.297. The highest BCUT2D eigenvalue weighted by Gasteiger charge is 2.23. The van der Waals surface area contributed by atoms with E-state index in [1.54, 1.807) is 6.92 Å². The van der Waals surface area contributed by atoms with Gasteiger partial charge in [-0.1, -0.05) is 6.92 Å². The third-order valence-electron chi connectivity index (χ3n) is 2.69. The Morgan fingerprint density at radius 3 is 2.93 bits per heavy atom. The van der Waals surface area contributed by atoms with E-state index in [0.29, 0.717) is 31.8 Å². The number of esters is 1. The zero-order chi connectivity index (χ0) is 11.3. The second kappa shape index (κ2) is 5.85. The van der Waals surface area contributed by atoms with E-state index in [0.717, 1.165) is 13.1 Å². The SMILES string of the molecule is CCOC(=O)CCN1CCC(=O)C(C)C1. The molecule has 0 bridgehead atoms. The molecule has 0 aromatic carbocycles. The van der Waals surface area contributed by atoms with Gasteiger partial charge in [0.05, 0.1) is 13.0 Å². The molecule has 1 heterocycles. The van der Waals surface area contributed by atoms with Gasteiger partial charge in [0, 0.05) is 32.0 Å². The van der Waals surface area contributed by atoms with Crippen LogP contribution in [0.2, 0.25) is 0 Å². The standard InChI is InChI=1S/C11H19NO3/c1-3-15-11(14)5-7-12-6-4-10(13)9(2)8-12/h9H,3-8H2,1-2H3. The van der Waals surface area contributed by atoms with E-state index in [4.69, 9.17) is 4.74 Å². The van der Waals surface area contributed by atoms with Crippen LogP contribution in [-0.2, 0) is 14.3 Å². The van der Waals surface area contributed by atoms with Gasteiger partial charge in [0.25, 0.3) is 0 Å². The summed E-state index contributed by atoms with van der Waals surface area (Å²) in [6.07, 6.45) is 1.04. The molecule has 1 rings (SSSR count). The van der Waals surface area contributed by atoms with Crippen LogP contribution >= 0.6 is 0 Å². The smallest absolute Gasteiger partial charge is 0.307 e. The molecule has 1 aliphatic heterocycles. The molecule has 0 amide bonds. The summed E-state index contributed by atoms with van der Waals surface area (Å²) in [6.45, 7) is 6.45. The van der Waals surface area contributed by atoms with Crippen LogP contribution in [0.4, 0.5) is 0 Å². The van der Waals surface area contributed by atoms with Crippen molar-refractivity contribution in [2.75, 3.05) is 26.2 Å². The zero-order valence-electron chi connectivity index (χ0n) is 9.49. The van der Waals surface area contributed by atoms with Crippen LogP contribution in [-0.4, -0.2) is 42.9 Å². The van der Waals surface area contributed by atoms with E-state index in [9.17, 15) is 9.59 Å². The van der Waals surface area contributed by atoms with Crippen molar-refractivity contribution in [3.63, 3.8) is 0 Å². The number of rotatable bonds is 4. The van der Waals surface area contributed by atoms with Gasteiger partial charge in [-0.25, -0.2) is 0 Å². The minimum Gasteiger partial charge on any atom is -0.466 e. The first kappa shape index (κ1) is 12.2. The van der Waals surface area contributed by atoms with E-state index in [-0.39, 0.29) is 11.9 Å². The van der Waals surface area contributed by atoms with Crippen molar-refractivity contribution in [2.24, 2.45) is 5.92 Å². The molecule has 1 atom stereocenters. The summed E-state index contributed by atoms with van der Waals surface area (Å²) < 4.78 is 4.85. The van der Waals surface area contributed by atoms with E-state index < -0.39 is 0 Å². The quantitative estimate of drug-likeness (QED) is 0.649. The molecule has 1 fully saturated rings. The van der Waals surface area contributed by atoms with Gasteiger partial charge in [0.1, 0.15) is 5.78 Å². The van der Waals surface area contributed by atoms with E-state index >= 15 is 0 Å². The van der Waals surface area contributed by atoms with E-state index in [2.05, 4.69) is 4.90 Å². The van der Waals surface area contributed by atoms with Crippen molar-refractivity contribution in [1.82, 2.24) is 4.90 Å². The predicted molar refractivity (Wildman–Crippen MR) is 56.5 cm³/mol. The number of likely N-dealkylation sites (tertiary alicyclic amines) is 1. The number of piperidine rings is 1. The molecular weight excluding hydrogens is 194 g/mol. The summed E-state index contributed by atoms with van der Waals surface area (Å²) in [4.78, 5) is 24.5. The fourth-order valence-corrected chi connectivity index (χ4v) is 1.78. The Morgan fingerprint density at radius 2 is 2.33 bits per heavy atom. The Labute approximate surface area is 90.6 Å². The first-order valence-corrected chi connectivity index (χ1v) is 5.54. The number of carbonyl (C=O) groups excluding carboxylic acids is 2. The highest BCUT2D eigenvalue weighted by molar-refractivity contribution is 5.81. The number of Topliss-reactive ketones (excluding diaryl/α,β-unsaturated/α-hetero) is 1. The Bertz CT molecular complexity index is 240. The van der Waals surface area contributed by atoms with Crippen molar-refractivity contribution in [1.29, 1.82) is 0 Å². The van der Waals surface area contributed by atoms with Crippen molar-refractivity contribution in [3.8, 4) is 0 Å². The van der Waals surface area contributed by atoms with Crippen LogP contribution in [0.15, 0.2) is 0 Å². The molecule has 1 aliphatic rings. The number of nitrogens with zero attached hydrogens (tertiary/aromatic N) is 1. The highest BCUT2D eigenvalue weighted by atomic mass is 16.5. The van der Waals surface area contributed by atoms with Gasteiger partial charge in [0.15, 0.2) is 0 Å². The second-order valence-electron chi connectivity index (χ2n) is 3.97. The predicted octanol–water partition coefficient (Wildman–Crippen LogP) is 0.851. The third kappa shape index (κ3) is 4.00. The third-order valence-corrected chi connectivity index (χ3v) is 2.69. The van der Waals surface area contributed by atoms with Crippen molar-refractivity contribution in [2.45, 2.75) is 26.7 Å². The molecule has 0 saturated carbocycles. The van der Waals surface area contributed by atoms with Crippen LogP contribution in [0.1, 0.15) is 26.7 Å². The summed E-state index contributed by atoms with van der Waals surface area (Å²) in [5.41, 5.74) is 0. The van der Waals surface area contributed by atoms with Gasteiger partial charge in [-0.2, -0.15) is 0 Å². The van der Waals surface area contributed by atoms with Gasteiger partial charge < -0.3 is 9.64 Å². The zero-order valence-corrected chi connectivity index (χ0v) is 9.49. The minimum absolute atomic E-state index is 0.112. The topological polar surface area (TPSA) is 46.6 Å². The fraction of sp³-hybridized carbons (Fsp3) is 0.818. The lowest BCUT2D eigenvalue weighted by atomic mass is 9.98. The lowest BCUT2D eigenvalue weighted by Gasteiger charge is -2.29. The number of hydrogen-bond acceptors (Lipinski definition) is 4. The molecular formula is C11H19NO3. The Morgan fingerprint density at radius 1 is 1.60 bits per heavy atom. The van der Waals surface area contributed by atoms with Gasteiger partial charge in [0.2, 0.25) is 0 Å². The van der Waals surface area contributed by atoms with Crippen molar-refractivity contribution >= 4 is 11.8 Å². The Balaban J connectivity index is 2.22. The second-order valence-corrected chi connectivity index (χ2v) is 3.97. The Hall–Kier alpha value is -0.900. The summed E-state index contributed by atoms with van der Waals surface area (Å²) in [7, 11) is 0. The van der Waals surface area contributed by atoms with Crippen LogP contribution in [0.25, 0.3) is 0 Å². The van der Waals surface area contributed by atoms with Gasteiger partial charge in [-0.05, 0) is 6.92 Å². The number of ether oxygens (including phenoxy) is 1. The summed E-state index contributed by atoms with van der Waals surface area (Å²) in [5, 5.41) is 0. The average Bonchev–Trinajstić information content (AvgIpc) is 2.20. The summed E-state index contributed by atoms with van der Waals surface area (Å²) in [6, 6.07) is 0. The lowest BCUT2D eigenvalue weighted by molar-refractivity contribution is -0.143. The van der Waals surface area contributed by atoms with Gasteiger partial charge in [-0.15, -0.1) is 0 Å².